The van der Waals surface area contributed by atoms with Crippen LogP contribution in [0.4, 0.5) is 5.69 Å². The standard InChI is InChI=1S/C15H20N2/c1-12(2)16-10-11-17-15-9-5-7-13-6-3-4-8-14(13)15/h3-9,12,16-17H,10-11H2,1-2H3. The zero-order chi connectivity index (χ0) is 12.1. The Balaban J connectivity index is 2.03. The highest BCUT2D eigenvalue weighted by atomic mass is 15.0. The Morgan fingerprint density at radius 2 is 1.71 bits per heavy atom. The zero-order valence-electron chi connectivity index (χ0n) is 10.5. The monoisotopic (exact) mass is 228 g/mol. The van der Waals surface area contributed by atoms with E-state index in [1.807, 2.05) is 0 Å². The minimum Gasteiger partial charge on any atom is -0.383 e. The highest BCUT2D eigenvalue weighted by molar-refractivity contribution is 5.93. The van der Waals surface area contributed by atoms with Gasteiger partial charge in [-0.05, 0) is 11.5 Å². The maximum absolute atomic E-state index is 3.48. The first-order chi connectivity index (χ1) is 8.27. The fourth-order valence-corrected chi connectivity index (χ4v) is 1.94. The summed E-state index contributed by atoms with van der Waals surface area (Å²) in [5, 5.41) is 9.46. The van der Waals surface area contributed by atoms with Crippen LogP contribution in [0.1, 0.15) is 13.8 Å². The molecule has 0 unspecified atom stereocenters. The van der Waals surface area contributed by atoms with Gasteiger partial charge in [0.05, 0.1) is 0 Å². The van der Waals surface area contributed by atoms with Gasteiger partial charge < -0.3 is 10.6 Å². The molecule has 0 saturated heterocycles. The van der Waals surface area contributed by atoms with Crippen LogP contribution >= 0.6 is 0 Å². The van der Waals surface area contributed by atoms with Gasteiger partial charge in [0.1, 0.15) is 0 Å². The molecule has 0 aliphatic rings. The average Bonchev–Trinajstić information content (AvgIpc) is 2.34. The summed E-state index contributed by atoms with van der Waals surface area (Å²) in [5.74, 6) is 0. The summed E-state index contributed by atoms with van der Waals surface area (Å²) in [6.07, 6.45) is 0. The van der Waals surface area contributed by atoms with Gasteiger partial charge in [0, 0.05) is 30.2 Å². The topological polar surface area (TPSA) is 24.1 Å². The van der Waals surface area contributed by atoms with Crippen molar-refractivity contribution in [3.05, 3.63) is 42.5 Å². The molecule has 2 rings (SSSR count). The number of benzene rings is 2. The van der Waals surface area contributed by atoms with E-state index in [-0.39, 0.29) is 0 Å². The number of hydrogen-bond acceptors (Lipinski definition) is 2. The van der Waals surface area contributed by atoms with E-state index in [0.29, 0.717) is 6.04 Å². The van der Waals surface area contributed by atoms with Crippen LogP contribution in [0.25, 0.3) is 10.8 Å². The Labute approximate surface area is 103 Å². The Morgan fingerprint density at radius 1 is 0.941 bits per heavy atom. The zero-order valence-corrected chi connectivity index (χ0v) is 10.5. The molecule has 2 N–H and O–H groups in total. The third kappa shape index (κ3) is 3.21. The number of fused-ring (bicyclic) bond motifs is 1. The Kier molecular flexibility index (Phi) is 3.99. The molecule has 0 saturated carbocycles. The molecule has 2 aromatic carbocycles. The van der Waals surface area contributed by atoms with Gasteiger partial charge >= 0.3 is 0 Å². The summed E-state index contributed by atoms with van der Waals surface area (Å²) in [4.78, 5) is 0. The highest BCUT2D eigenvalue weighted by Gasteiger charge is 1.98. The van der Waals surface area contributed by atoms with E-state index in [1.54, 1.807) is 0 Å². The number of hydrogen-bond donors (Lipinski definition) is 2. The molecule has 0 aromatic heterocycles. The number of nitrogens with one attached hydrogen (secondary N) is 2. The van der Waals surface area contributed by atoms with Gasteiger partial charge in [-0.25, -0.2) is 0 Å². The maximum atomic E-state index is 3.48. The molecular weight excluding hydrogens is 208 g/mol. The fraction of sp³-hybridized carbons (Fsp3) is 0.333. The van der Waals surface area contributed by atoms with Crippen molar-refractivity contribution in [3.8, 4) is 0 Å². The van der Waals surface area contributed by atoms with Gasteiger partial charge in [-0.15, -0.1) is 0 Å². The van der Waals surface area contributed by atoms with E-state index < -0.39 is 0 Å². The largest absolute Gasteiger partial charge is 0.383 e. The first kappa shape index (κ1) is 11.9. The smallest absolute Gasteiger partial charge is 0.0420 e. The molecule has 2 heteroatoms. The van der Waals surface area contributed by atoms with Crippen LogP contribution in [-0.2, 0) is 0 Å². The van der Waals surface area contributed by atoms with Gasteiger partial charge in [0.25, 0.3) is 0 Å². The van der Waals surface area contributed by atoms with E-state index in [2.05, 4.69) is 66.9 Å². The predicted octanol–water partition coefficient (Wildman–Crippen LogP) is 3.25. The van der Waals surface area contributed by atoms with Crippen molar-refractivity contribution in [2.75, 3.05) is 18.4 Å². The lowest BCUT2D eigenvalue weighted by molar-refractivity contribution is 0.602. The summed E-state index contributed by atoms with van der Waals surface area (Å²) < 4.78 is 0. The first-order valence-corrected chi connectivity index (χ1v) is 6.22. The third-order valence-electron chi connectivity index (χ3n) is 2.78. The molecule has 0 spiro atoms. The molecule has 0 fully saturated rings. The predicted molar refractivity (Wildman–Crippen MR) is 75.6 cm³/mol. The summed E-state index contributed by atoms with van der Waals surface area (Å²) in [6, 6.07) is 15.4. The Bertz CT molecular complexity index is 472. The molecule has 17 heavy (non-hydrogen) atoms. The molecule has 0 bridgehead atoms. The van der Waals surface area contributed by atoms with Crippen LogP contribution in [0.2, 0.25) is 0 Å². The van der Waals surface area contributed by atoms with E-state index in [9.17, 15) is 0 Å². The molecule has 0 aliphatic carbocycles. The summed E-state index contributed by atoms with van der Waals surface area (Å²) in [5.41, 5.74) is 1.22. The van der Waals surface area contributed by atoms with Crippen LogP contribution in [-0.4, -0.2) is 19.1 Å². The summed E-state index contributed by atoms with van der Waals surface area (Å²) in [6.45, 7) is 6.27. The lowest BCUT2D eigenvalue weighted by Gasteiger charge is -2.11. The lowest BCUT2D eigenvalue weighted by atomic mass is 10.1. The number of rotatable bonds is 5. The summed E-state index contributed by atoms with van der Waals surface area (Å²) in [7, 11) is 0. The normalized spacial score (nSPS) is 11.0. The van der Waals surface area contributed by atoms with Crippen molar-refractivity contribution >= 4 is 16.5 Å². The third-order valence-corrected chi connectivity index (χ3v) is 2.78. The van der Waals surface area contributed by atoms with E-state index >= 15 is 0 Å². The molecule has 0 aliphatic heterocycles. The van der Waals surface area contributed by atoms with Crippen molar-refractivity contribution in [1.29, 1.82) is 0 Å². The molecule has 2 aromatic rings. The minimum absolute atomic E-state index is 0.546. The van der Waals surface area contributed by atoms with Crippen LogP contribution in [0.3, 0.4) is 0 Å². The minimum atomic E-state index is 0.546. The van der Waals surface area contributed by atoms with Crippen molar-refractivity contribution < 1.29 is 0 Å². The average molecular weight is 228 g/mol. The molecule has 0 radical (unpaired) electrons. The van der Waals surface area contributed by atoms with Crippen LogP contribution in [0.15, 0.2) is 42.5 Å². The van der Waals surface area contributed by atoms with Crippen molar-refractivity contribution in [2.45, 2.75) is 19.9 Å². The molecule has 0 heterocycles. The van der Waals surface area contributed by atoms with Gasteiger partial charge in [-0.2, -0.15) is 0 Å². The molecule has 0 amide bonds. The van der Waals surface area contributed by atoms with Gasteiger partial charge in [-0.1, -0.05) is 50.2 Å². The fourth-order valence-electron chi connectivity index (χ4n) is 1.94. The van der Waals surface area contributed by atoms with E-state index in [0.717, 1.165) is 13.1 Å². The second-order valence-corrected chi connectivity index (χ2v) is 4.56. The quantitative estimate of drug-likeness (QED) is 0.768. The second-order valence-electron chi connectivity index (χ2n) is 4.56. The van der Waals surface area contributed by atoms with Crippen molar-refractivity contribution in [3.63, 3.8) is 0 Å². The van der Waals surface area contributed by atoms with Crippen LogP contribution < -0.4 is 10.6 Å². The van der Waals surface area contributed by atoms with E-state index in [4.69, 9.17) is 0 Å². The van der Waals surface area contributed by atoms with Crippen LogP contribution in [0, 0.1) is 0 Å². The first-order valence-electron chi connectivity index (χ1n) is 6.22. The van der Waals surface area contributed by atoms with Gasteiger partial charge in [0.2, 0.25) is 0 Å². The Morgan fingerprint density at radius 3 is 2.53 bits per heavy atom. The molecule has 90 valence electrons. The summed E-state index contributed by atoms with van der Waals surface area (Å²) >= 11 is 0. The molecule has 2 nitrogen and oxygen atoms in total. The molecular formula is C15H20N2. The SMILES string of the molecule is CC(C)NCCNc1cccc2ccccc12. The number of anilines is 1. The van der Waals surface area contributed by atoms with Crippen molar-refractivity contribution in [2.24, 2.45) is 0 Å². The molecule has 0 atom stereocenters. The highest BCUT2D eigenvalue weighted by Crippen LogP contribution is 2.22. The van der Waals surface area contributed by atoms with Gasteiger partial charge in [-0.3, -0.25) is 0 Å². The maximum Gasteiger partial charge on any atom is 0.0420 e. The van der Waals surface area contributed by atoms with Crippen LogP contribution in [0.5, 0.6) is 0 Å². The van der Waals surface area contributed by atoms with Gasteiger partial charge in [0.15, 0.2) is 0 Å². The van der Waals surface area contributed by atoms with E-state index in [1.165, 1.54) is 16.5 Å². The van der Waals surface area contributed by atoms with Crippen molar-refractivity contribution in [1.82, 2.24) is 5.32 Å². The lowest BCUT2D eigenvalue weighted by Crippen LogP contribution is -2.28. The Hall–Kier alpha value is -1.54. The second kappa shape index (κ2) is 5.69.